The normalized spacial score (nSPS) is 19.0. The van der Waals surface area contributed by atoms with Crippen molar-refractivity contribution in [3.8, 4) is 0 Å². The summed E-state index contributed by atoms with van der Waals surface area (Å²) in [6.45, 7) is 26.6. The highest BCUT2D eigenvalue weighted by Crippen LogP contribution is 2.40. The molecule has 0 aliphatic carbocycles. The quantitative estimate of drug-likeness (QED) is 0.0431. The van der Waals surface area contributed by atoms with Gasteiger partial charge in [-0.25, -0.2) is 4.79 Å². The SMILES string of the molecule is CCC(CC)c1cccc(C[C@H](NC(=O)[C@H](C)[C@@H](OC)[C@@H]2CCCN2C(=O)C[C@@H](OC)[C@H]([C@@H](C)CC)N(C)C(=O)[C@@H](NC(=O)[C@H](C(C)C)N(C)C(=O)CCCCCN2C(=O)CC(C(C)(C)CCCC(C)C)C2=O)C(C)C)C(=O)O)c1. The van der Waals surface area contributed by atoms with Gasteiger partial charge in [-0.05, 0) is 91.1 Å². The number of methoxy groups -OCH3 is 2. The zero-order valence-electron chi connectivity index (χ0n) is 52.2. The number of nitrogens with zero attached hydrogens (tertiary/aromatic N) is 4. The minimum Gasteiger partial charge on any atom is -0.480 e. The van der Waals surface area contributed by atoms with Gasteiger partial charge in [-0.1, -0.05) is 140 Å². The van der Waals surface area contributed by atoms with Crippen molar-refractivity contribution < 1.29 is 52.9 Å². The molecule has 10 atom stereocenters. The largest absolute Gasteiger partial charge is 0.480 e. The van der Waals surface area contributed by atoms with Gasteiger partial charge in [0.2, 0.25) is 41.4 Å². The monoisotopic (exact) mass is 1120 g/mol. The predicted molar refractivity (Wildman–Crippen MR) is 313 cm³/mol. The third kappa shape index (κ3) is 18.8. The van der Waals surface area contributed by atoms with Crippen molar-refractivity contribution in [3.63, 3.8) is 0 Å². The van der Waals surface area contributed by atoms with Crippen molar-refractivity contribution in [1.82, 2.24) is 30.2 Å². The lowest BCUT2D eigenvalue weighted by molar-refractivity contribution is -0.149. The number of rotatable bonds is 35. The number of unbranched alkanes of at least 4 members (excludes halogenated alkanes) is 2. The third-order valence-corrected chi connectivity index (χ3v) is 17.7. The van der Waals surface area contributed by atoms with Gasteiger partial charge in [0.1, 0.15) is 18.1 Å². The number of amides is 7. The van der Waals surface area contributed by atoms with Gasteiger partial charge >= 0.3 is 5.97 Å². The van der Waals surface area contributed by atoms with E-state index >= 15 is 0 Å². The first-order chi connectivity index (χ1) is 37.6. The van der Waals surface area contributed by atoms with E-state index in [0.717, 1.165) is 43.2 Å². The average molecular weight is 1120 g/mol. The Kier molecular flexibility index (Phi) is 28.3. The molecule has 7 amide bonds. The van der Waals surface area contributed by atoms with Gasteiger partial charge in [-0.15, -0.1) is 0 Å². The van der Waals surface area contributed by atoms with Crippen LogP contribution in [0.3, 0.4) is 0 Å². The molecule has 2 saturated heterocycles. The number of carboxylic acids is 1. The number of likely N-dealkylation sites (N-methyl/N-ethyl adjacent to an activating group) is 2. The smallest absolute Gasteiger partial charge is 0.326 e. The van der Waals surface area contributed by atoms with Crippen molar-refractivity contribution in [1.29, 1.82) is 0 Å². The number of aliphatic carboxylic acids is 1. The molecule has 2 aliphatic heterocycles. The molecule has 2 heterocycles. The lowest BCUT2D eigenvalue weighted by Crippen LogP contribution is -2.60. The number of imide groups is 1. The van der Waals surface area contributed by atoms with E-state index in [0.29, 0.717) is 63.5 Å². The molecule has 17 heteroatoms. The number of nitrogens with one attached hydrogen (secondary N) is 2. The molecule has 0 saturated carbocycles. The molecule has 454 valence electrons. The van der Waals surface area contributed by atoms with Crippen LogP contribution in [0.2, 0.25) is 0 Å². The van der Waals surface area contributed by atoms with Crippen LogP contribution in [-0.2, 0) is 54.3 Å². The summed E-state index contributed by atoms with van der Waals surface area (Å²) < 4.78 is 12.1. The van der Waals surface area contributed by atoms with Crippen LogP contribution in [0.4, 0.5) is 0 Å². The van der Waals surface area contributed by atoms with E-state index in [4.69, 9.17) is 9.47 Å². The summed E-state index contributed by atoms with van der Waals surface area (Å²) in [5.74, 6) is -4.14. The molecular formula is C63H106N6O11. The van der Waals surface area contributed by atoms with Crippen molar-refractivity contribution in [2.45, 2.75) is 235 Å². The summed E-state index contributed by atoms with van der Waals surface area (Å²) >= 11 is 0. The van der Waals surface area contributed by atoms with Gasteiger partial charge in [0.05, 0.1) is 42.5 Å². The fourth-order valence-electron chi connectivity index (χ4n) is 12.4. The van der Waals surface area contributed by atoms with Crippen molar-refractivity contribution in [3.05, 3.63) is 35.4 Å². The molecule has 17 nitrogen and oxygen atoms in total. The molecule has 1 aromatic rings. The first-order valence-corrected chi connectivity index (χ1v) is 30.3. The fraction of sp³-hybridized carbons (Fsp3) is 0.778. The Morgan fingerprint density at radius 1 is 0.825 bits per heavy atom. The number of benzene rings is 1. The Hall–Kier alpha value is -4.90. The van der Waals surface area contributed by atoms with Crippen LogP contribution in [0.1, 0.15) is 197 Å². The molecule has 3 N–H and O–H groups in total. The van der Waals surface area contributed by atoms with Crippen molar-refractivity contribution in [2.75, 3.05) is 41.4 Å². The molecule has 2 fully saturated rings. The lowest BCUT2D eigenvalue weighted by atomic mass is 9.74. The number of carbonyl (C=O) groups is 8. The second-order valence-corrected chi connectivity index (χ2v) is 25.1. The van der Waals surface area contributed by atoms with E-state index in [2.05, 4.69) is 58.2 Å². The molecule has 3 rings (SSSR count). The topological polar surface area (TPSA) is 212 Å². The number of hydrogen-bond acceptors (Lipinski definition) is 10. The van der Waals surface area contributed by atoms with E-state index < -0.39 is 66.1 Å². The molecule has 2 aliphatic rings. The highest BCUT2D eigenvalue weighted by atomic mass is 16.5. The summed E-state index contributed by atoms with van der Waals surface area (Å²) in [7, 11) is 6.29. The first-order valence-electron chi connectivity index (χ1n) is 30.3. The van der Waals surface area contributed by atoms with E-state index in [9.17, 15) is 43.5 Å². The Morgan fingerprint density at radius 2 is 1.49 bits per heavy atom. The van der Waals surface area contributed by atoms with E-state index in [1.807, 2.05) is 59.7 Å². The third-order valence-electron chi connectivity index (χ3n) is 17.7. The number of ether oxygens (including phenoxy) is 2. The highest BCUT2D eigenvalue weighted by Gasteiger charge is 2.47. The summed E-state index contributed by atoms with van der Waals surface area (Å²) in [5, 5.41) is 16.0. The summed E-state index contributed by atoms with van der Waals surface area (Å²) in [5.41, 5.74) is 1.69. The van der Waals surface area contributed by atoms with Gasteiger partial charge in [0, 0.05) is 60.7 Å². The van der Waals surface area contributed by atoms with Crippen molar-refractivity contribution >= 4 is 47.3 Å². The molecule has 0 spiro atoms. The molecule has 1 aromatic carbocycles. The van der Waals surface area contributed by atoms with E-state index in [-0.39, 0.29) is 84.3 Å². The number of carboxylic acid groups (broad SMARTS) is 1. The first kappa shape index (κ1) is 69.4. The van der Waals surface area contributed by atoms with Crippen LogP contribution < -0.4 is 10.6 Å². The molecular weight excluding hydrogens is 1020 g/mol. The van der Waals surface area contributed by atoms with Gasteiger partial charge in [0.15, 0.2) is 0 Å². The standard InChI is InChI=1S/C63H106N6O11/c1-18-42(10)56(50(79-16)38-53(72)68-34-26-30-49(68)57(80-17)43(11)58(73)64-48(62(77)78)36-44-28-24-29-46(35-44)45(19-2)20-3)67(15)61(76)54(40(6)7)65-59(74)55(41(8)9)66(14)51(70)31-22-21-23-33-69-52(71)37-47(60(69)75)63(12,13)32-25-27-39(4)5/h24,28-29,35,39-43,45,47-50,54-57H,18-23,25-27,30-34,36-38H2,1-17H3,(H,64,73)(H,65,74)(H,77,78)/t42-,43+,47?,48-,49-,50+,54-,55-,56-,57+/m0/s1. The number of carbonyl (C=O) groups excluding carboxylic acids is 7. The maximum absolute atomic E-state index is 14.8. The van der Waals surface area contributed by atoms with Crippen molar-refractivity contribution in [2.24, 2.45) is 40.9 Å². The zero-order valence-corrected chi connectivity index (χ0v) is 52.2. The van der Waals surface area contributed by atoms with Crippen LogP contribution in [0.5, 0.6) is 0 Å². The van der Waals surface area contributed by atoms with Crippen LogP contribution in [-0.4, -0.2) is 156 Å². The molecule has 0 radical (unpaired) electrons. The second kappa shape index (κ2) is 32.7. The number of likely N-dealkylation sites (tertiary alicyclic amines) is 2. The maximum atomic E-state index is 14.8. The van der Waals surface area contributed by atoms with Gasteiger partial charge < -0.3 is 39.9 Å². The summed E-state index contributed by atoms with van der Waals surface area (Å²) in [6.07, 6.45) is 7.42. The Bertz CT molecular complexity index is 2200. The van der Waals surface area contributed by atoms with E-state index in [1.54, 1.807) is 30.8 Å². The minimum atomic E-state index is -1.18. The Balaban J connectivity index is 1.68. The van der Waals surface area contributed by atoms with E-state index in [1.165, 1.54) is 24.0 Å². The fourth-order valence-corrected chi connectivity index (χ4v) is 12.4. The van der Waals surface area contributed by atoms with Gasteiger partial charge in [-0.3, -0.25) is 38.5 Å². The molecule has 0 bridgehead atoms. The molecule has 1 unspecified atom stereocenters. The number of hydrogen-bond donors (Lipinski definition) is 3. The average Bonchev–Trinajstić information content (AvgIpc) is 4.01. The van der Waals surface area contributed by atoms with Gasteiger partial charge in [0.25, 0.3) is 0 Å². The summed E-state index contributed by atoms with van der Waals surface area (Å²) in [4.78, 5) is 116. The maximum Gasteiger partial charge on any atom is 0.326 e. The Labute approximate surface area is 481 Å². The molecule has 80 heavy (non-hydrogen) atoms. The lowest BCUT2D eigenvalue weighted by Gasteiger charge is -2.41. The zero-order chi connectivity index (χ0) is 60.3. The molecule has 0 aromatic heterocycles. The summed E-state index contributed by atoms with van der Waals surface area (Å²) in [6, 6.07) is 3.77. The highest BCUT2D eigenvalue weighted by molar-refractivity contribution is 6.04. The predicted octanol–water partition coefficient (Wildman–Crippen LogP) is 9.03. The van der Waals surface area contributed by atoms with Crippen LogP contribution in [0.15, 0.2) is 24.3 Å². The van der Waals surface area contributed by atoms with Crippen LogP contribution >= 0.6 is 0 Å². The van der Waals surface area contributed by atoms with Crippen LogP contribution in [0.25, 0.3) is 0 Å². The Morgan fingerprint density at radius 3 is 2.05 bits per heavy atom. The van der Waals surface area contributed by atoms with Gasteiger partial charge in [-0.2, -0.15) is 0 Å². The minimum absolute atomic E-state index is 0.0826. The van der Waals surface area contributed by atoms with Crippen LogP contribution in [0, 0.1) is 40.9 Å². The second-order valence-electron chi connectivity index (χ2n) is 25.1.